The van der Waals surface area contributed by atoms with Crippen molar-refractivity contribution in [1.29, 1.82) is 0 Å². The summed E-state index contributed by atoms with van der Waals surface area (Å²) in [6.45, 7) is 4.30. The molecule has 1 heteroatoms. The Kier molecular flexibility index (Phi) is 4.52. The Bertz CT molecular complexity index is 64.6. The first kappa shape index (κ1) is 7.22. The highest BCUT2D eigenvalue weighted by Crippen LogP contribution is 2.04. The average molecular weight is 163 g/mol. The first-order valence-electron chi connectivity index (χ1n) is 2.57. The summed E-state index contributed by atoms with van der Waals surface area (Å²) < 4.78 is 0. The minimum absolute atomic E-state index is 1.21. The van der Waals surface area contributed by atoms with Crippen molar-refractivity contribution in [3.05, 3.63) is 10.6 Å². The van der Waals surface area contributed by atoms with E-state index < -0.39 is 0 Å². The number of hydrogen-bond acceptors (Lipinski definition) is 0. The van der Waals surface area contributed by atoms with Gasteiger partial charge in [-0.05, 0) is 18.3 Å². The van der Waals surface area contributed by atoms with E-state index in [2.05, 4.69) is 29.8 Å². The third-order valence-electron chi connectivity index (χ3n) is 0.831. The standard InChI is InChI=1S/C6H11Br/c1-3-4-6(2)5-7/h5H,3-4H2,1-2H3/b6-5-. The number of hydrogen-bond donors (Lipinski definition) is 0. The van der Waals surface area contributed by atoms with Gasteiger partial charge in [-0.15, -0.1) is 0 Å². The number of allylic oxidation sites excluding steroid dienone is 1. The molecule has 0 nitrogen and oxygen atoms in total. The van der Waals surface area contributed by atoms with Gasteiger partial charge < -0.3 is 0 Å². The maximum atomic E-state index is 3.25. The fourth-order valence-electron chi connectivity index (χ4n) is 0.449. The molecule has 0 saturated carbocycles. The maximum Gasteiger partial charge on any atom is -0.0200 e. The van der Waals surface area contributed by atoms with Gasteiger partial charge in [0.25, 0.3) is 0 Å². The molecule has 7 heavy (non-hydrogen) atoms. The lowest BCUT2D eigenvalue weighted by Crippen LogP contribution is -1.69. The molecule has 0 aliphatic carbocycles. The Morgan fingerprint density at radius 3 is 2.43 bits per heavy atom. The summed E-state index contributed by atoms with van der Waals surface area (Å²) in [7, 11) is 0. The molecular formula is C6H11Br. The van der Waals surface area contributed by atoms with Gasteiger partial charge in [0.05, 0.1) is 0 Å². The Hall–Kier alpha value is 0.220. The molecule has 0 unspecified atom stereocenters. The van der Waals surface area contributed by atoms with Gasteiger partial charge in [-0.3, -0.25) is 0 Å². The molecule has 0 heterocycles. The molecule has 0 fully saturated rings. The first-order valence-corrected chi connectivity index (χ1v) is 3.48. The smallest absolute Gasteiger partial charge is 0.0200 e. The van der Waals surface area contributed by atoms with Crippen LogP contribution in [0.2, 0.25) is 0 Å². The summed E-state index contributed by atoms with van der Waals surface area (Å²) in [5.74, 6) is 0. The quantitative estimate of drug-likeness (QED) is 0.586. The third-order valence-corrected chi connectivity index (χ3v) is 1.61. The lowest BCUT2D eigenvalue weighted by atomic mass is 10.2. The molecule has 0 atom stereocenters. The van der Waals surface area contributed by atoms with Crippen molar-refractivity contribution in [3.8, 4) is 0 Å². The van der Waals surface area contributed by atoms with Gasteiger partial charge in [-0.2, -0.15) is 0 Å². The van der Waals surface area contributed by atoms with E-state index in [1.165, 1.54) is 18.4 Å². The van der Waals surface area contributed by atoms with E-state index in [4.69, 9.17) is 0 Å². The Morgan fingerprint density at radius 1 is 1.71 bits per heavy atom. The van der Waals surface area contributed by atoms with Crippen LogP contribution in [0.4, 0.5) is 0 Å². The van der Waals surface area contributed by atoms with E-state index >= 15 is 0 Å². The van der Waals surface area contributed by atoms with E-state index in [9.17, 15) is 0 Å². The van der Waals surface area contributed by atoms with Gasteiger partial charge in [0.15, 0.2) is 0 Å². The molecular weight excluding hydrogens is 152 g/mol. The molecule has 0 saturated heterocycles. The molecule has 0 rings (SSSR count). The van der Waals surface area contributed by atoms with Crippen LogP contribution >= 0.6 is 15.9 Å². The van der Waals surface area contributed by atoms with Crippen molar-refractivity contribution in [2.45, 2.75) is 26.7 Å². The number of halogens is 1. The second-order valence-electron chi connectivity index (χ2n) is 1.71. The molecule has 0 aromatic carbocycles. The Balaban J connectivity index is 3.17. The summed E-state index contributed by atoms with van der Waals surface area (Å²) >= 11 is 3.25. The summed E-state index contributed by atoms with van der Waals surface area (Å²) in [4.78, 5) is 1.98. The van der Waals surface area contributed by atoms with Crippen molar-refractivity contribution < 1.29 is 0 Å². The van der Waals surface area contributed by atoms with Crippen LogP contribution in [0.1, 0.15) is 26.7 Å². The van der Waals surface area contributed by atoms with Crippen LogP contribution in [0.25, 0.3) is 0 Å². The van der Waals surface area contributed by atoms with Crippen LogP contribution in [-0.2, 0) is 0 Å². The predicted octanol–water partition coefficient (Wildman–Crippen LogP) is 3.09. The van der Waals surface area contributed by atoms with Crippen LogP contribution in [0.15, 0.2) is 10.6 Å². The van der Waals surface area contributed by atoms with Crippen LogP contribution in [-0.4, -0.2) is 0 Å². The van der Waals surface area contributed by atoms with Crippen molar-refractivity contribution in [2.75, 3.05) is 0 Å². The van der Waals surface area contributed by atoms with E-state index in [0.29, 0.717) is 0 Å². The van der Waals surface area contributed by atoms with E-state index in [-0.39, 0.29) is 0 Å². The molecule has 0 amide bonds. The van der Waals surface area contributed by atoms with Crippen molar-refractivity contribution in [1.82, 2.24) is 0 Å². The van der Waals surface area contributed by atoms with Crippen molar-refractivity contribution in [3.63, 3.8) is 0 Å². The summed E-state index contributed by atoms with van der Waals surface area (Å²) in [5.41, 5.74) is 1.42. The first-order chi connectivity index (χ1) is 3.31. The van der Waals surface area contributed by atoms with Gasteiger partial charge in [-0.25, -0.2) is 0 Å². The maximum absolute atomic E-state index is 3.25. The zero-order chi connectivity index (χ0) is 5.70. The van der Waals surface area contributed by atoms with Gasteiger partial charge in [0, 0.05) is 0 Å². The van der Waals surface area contributed by atoms with Crippen molar-refractivity contribution in [2.24, 2.45) is 0 Å². The average Bonchev–Trinajstić information content (AvgIpc) is 1.68. The lowest BCUT2D eigenvalue weighted by Gasteiger charge is -1.90. The molecule has 0 aliphatic heterocycles. The second kappa shape index (κ2) is 4.38. The Morgan fingerprint density at radius 2 is 2.29 bits per heavy atom. The topological polar surface area (TPSA) is 0 Å². The highest BCUT2D eigenvalue weighted by molar-refractivity contribution is 9.11. The molecule has 0 N–H and O–H groups in total. The normalized spacial score (nSPS) is 12.1. The second-order valence-corrected chi connectivity index (χ2v) is 2.16. The van der Waals surface area contributed by atoms with Gasteiger partial charge in [0.2, 0.25) is 0 Å². The van der Waals surface area contributed by atoms with E-state index in [1.54, 1.807) is 0 Å². The molecule has 0 aromatic heterocycles. The third kappa shape index (κ3) is 4.07. The molecule has 0 aromatic rings. The number of rotatable bonds is 2. The fourth-order valence-corrected chi connectivity index (χ4v) is 0.678. The predicted molar refractivity (Wildman–Crippen MR) is 37.6 cm³/mol. The zero-order valence-corrected chi connectivity index (χ0v) is 6.46. The molecule has 0 aliphatic rings. The highest BCUT2D eigenvalue weighted by atomic mass is 79.9. The van der Waals surface area contributed by atoms with Crippen LogP contribution in [0, 0.1) is 0 Å². The highest BCUT2D eigenvalue weighted by Gasteiger charge is 1.80. The van der Waals surface area contributed by atoms with Gasteiger partial charge in [0.1, 0.15) is 0 Å². The molecule has 0 spiro atoms. The molecule has 0 radical (unpaired) electrons. The largest absolute Gasteiger partial charge is 0.0664 e. The van der Waals surface area contributed by atoms with E-state index in [0.717, 1.165) is 0 Å². The minimum Gasteiger partial charge on any atom is -0.0664 e. The Labute approximate surface area is 53.7 Å². The van der Waals surface area contributed by atoms with E-state index in [1.807, 2.05) is 4.99 Å². The van der Waals surface area contributed by atoms with Gasteiger partial charge >= 0.3 is 0 Å². The lowest BCUT2D eigenvalue weighted by molar-refractivity contribution is 0.909. The summed E-state index contributed by atoms with van der Waals surface area (Å²) in [6.07, 6.45) is 2.46. The van der Waals surface area contributed by atoms with Crippen LogP contribution in [0.3, 0.4) is 0 Å². The van der Waals surface area contributed by atoms with Crippen LogP contribution < -0.4 is 0 Å². The monoisotopic (exact) mass is 162 g/mol. The van der Waals surface area contributed by atoms with Crippen LogP contribution in [0.5, 0.6) is 0 Å². The SMILES string of the molecule is CCC/C(C)=C\Br. The molecule has 42 valence electrons. The summed E-state index contributed by atoms with van der Waals surface area (Å²) in [6, 6.07) is 0. The minimum atomic E-state index is 1.21. The zero-order valence-electron chi connectivity index (χ0n) is 4.87. The van der Waals surface area contributed by atoms with Crippen molar-refractivity contribution >= 4 is 15.9 Å². The molecule has 0 bridgehead atoms. The summed E-state index contributed by atoms with van der Waals surface area (Å²) in [5, 5.41) is 0. The van der Waals surface area contributed by atoms with Gasteiger partial charge in [-0.1, -0.05) is 34.8 Å². The fraction of sp³-hybridized carbons (Fsp3) is 0.667.